The van der Waals surface area contributed by atoms with Crippen LogP contribution in [0.1, 0.15) is 43.4 Å². The number of nitrogens with two attached hydrogens (primary N) is 1. The monoisotopic (exact) mass is 419 g/mol. The molecule has 2 aromatic rings. The van der Waals surface area contributed by atoms with E-state index in [4.69, 9.17) is 5.73 Å². The van der Waals surface area contributed by atoms with E-state index in [-0.39, 0.29) is 23.8 Å². The molecule has 5 nitrogen and oxygen atoms in total. The topological polar surface area (TPSA) is 75.4 Å². The molecule has 0 fully saturated rings. The molecule has 0 unspecified atom stereocenters. The fraction of sp³-hybridized carbons (Fsp3) is 0.385. The van der Waals surface area contributed by atoms with Gasteiger partial charge in [-0.1, -0.05) is 80.9 Å². The van der Waals surface area contributed by atoms with Crippen molar-refractivity contribution in [1.29, 1.82) is 0 Å². The largest absolute Gasteiger partial charge is 0.368 e. The van der Waals surface area contributed by atoms with Crippen molar-refractivity contribution >= 4 is 11.8 Å². The van der Waals surface area contributed by atoms with Crippen molar-refractivity contribution in [2.45, 2.75) is 58.3 Å². The summed E-state index contributed by atoms with van der Waals surface area (Å²) in [6.45, 7) is 5.34. The normalized spacial score (nSPS) is 16.1. The van der Waals surface area contributed by atoms with Gasteiger partial charge in [0, 0.05) is 25.2 Å². The van der Waals surface area contributed by atoms with E-state index in [9.17, 15) is 9.59 Å². The Morgan fingerprint density at radius 2 is 1.68 bits per heavy atom. The van der Waals surface area contributed by atoms with Crippen molar-refractivity contribution in [3.8, 4) is 0 Å². The van der Waals surface area contributed by atoms with Gasteiger partial charge >= 0.3 is 0 Å². The van der Waals surface area contributed by atoms with Gasteiger partial charge in [0.1, 0.15) is 0 Å². The Hall–Kier alpha value is -2.92. The minimum absolute atomic E-state index is 0.0122. The summed E-state index contributed by atoms with van der Waals surface area (Å²) in [6.07, 6.45) is 6.00. The lowest BCUT2D eigenvalue weighted by Gasteiger charge is -2.26. The molecule has 31 heavy (non-hydrogen) atoms. The summed E-state index contributed by atoms with van der Waals surface area (Å²) in [6, 6.07) is 17.8. The van der Waals surface area contributed by atoms with Gasteiger partial charge in [-0.15, -0.1) is 0 Å². The number of nitrogens with one attached hydrogen (secondary N) is 1. The van der Waals surface area contributed by atoms with Crippen molar-refractivity contribution in [3.05, 3.63) is 83.4 Å². The predicted molar refractivity (Wildman–Crippen MR) is 124 cm³/mol. The standard InChI is InChI=1S/C26H33N3O2/c1-3-19(2)25(26(27)31)28-23(14-13-20-9-5-4-6-10-20)15-16-24(30)29-17-21-11-7-8-12-22(21)18-29/h4-12,15-16,19,23,25,28H,3,13-14,17-18H2,1-2H3,(H2,27,31)/b16-15+/t19-,23-,25-/m0/s1. The third kappa shape index (κ3) is 6.28. The van der Waals surface area contributed by atoms with Crippen molar-refractivity contribution < 1.29 is 9.59 Å². The molecule has 3 N–H and O–H groups in total. The molecule has 3 rings (SSSR count). The van der Waals surface area contributed by atoms with Gasteiger partial charge in [0.2, 0.25) is 11.8 Å². The first kappa shape index (κ1) is 22.8. The van der Waals surface area contributed by atoms with Crippen LogP contribution in [-0.2, 0) is 29.1 Å². The van der Waals surface area contributed by atoms with Crippen LogP contribution >= 0.6 is 0 Å². The maximum atomic E-state index is 12.8. The highest BCUT2D eigenvalue weighted by Gasteiger charge is 2.25. The second kappa shape index (κ2) is 10.9. The van der Waals surface area contributed by atoms with E-state index < -0.39 is 6.04 Å². The number of hydrogen-bond donors (Lipinski definition) is 2. The van der Waals surface area contributed by atoms with Crippen LogP contribution in [0.4, 0.5) is 0 Å². The van der Waals surface area contributed by atoms with Crippen molar-refractivity contribution in [3.63, 3.8) is 0 Å². The molecule has 164 valence electrons. The lowest BCUT2D eigenvalue weighted by molar-refractivity contribution is -0.126. The first-order valence-electron chi connectivity index (χ1n) is 11.1. The Balaban J connectivity index is 1.68. The second-order valence-electron chi connectivity index (χ2n) is 8.39. The Kier molecular flexibility index (Phi) is 8.01. The number of nitrogens with zero attached hydrogens (tertiary/aromatic N) is 1. The van der Waals surface area contributed by atoms with Gasteiger partial charge in [-0.25, -0.2) is 0 Å². The zero-order valence-electron chi connectivity index (χ0n) is 18.5. The van der Waals surface area contributed by atoms with Gasteiger partial charge in [0.25, 0.3) is 0 Å². The number of carbonyl (C=O) groups is 2. The van der Waals surface area contributed by atoms with Crippen LogP contribution in [0.15, 0.2) is 66.7 Å². The molecule has 0 aliphatic carbocycles. The molecule has 1 aliphatic rings. The summed E-state index contributed by atoms with van der Waals surface area (Å²) in [4.78, 5) is 26.7. The minimum Gasteiger partial charge on any atom is -0.368 e. The van der Waals surface area contributed by atoms with Gasteiger partial charge in [0.15, 0.2) is 0 Å². The molecular weight excluding hydrogens is 386 g/mol. The lowest BCUT2D eigenvalue weighted by atomic mass is 9.96. The summed E-state index contributed by atoms with van der Waals surface area (Å²) < 4.78 is 0. The summed E-state index contributed by atoms with van der Waals surface area (Å²) in [5, 5.41) is 3.41. The van der Waals surface area contributed by atoms with Gasteiger partial charge in [-0.05, 0) is 35.4 Å². The third-order valence-electron chi connectivity index (χ3n) is 6.12. The van der Waals surface area contributed by atoms with Crippen LogP contribution in [0.25, 0.3) is 0 Å². The minimum atomic E-state index is -0.429. The first-order valence-corrected chi connectivity index (χ1v) is 11.1. The Labute approximate surface area is 185 Å². The zero-order chi connectivity index (χ0) is 22.2. The fourth-order valence-corrected chi connectivity index (χ4v) is 3.99. The molecule has 0 spiro atoms. The molecule has 5 heteroatoms. The van der Waals surface area contributed by atoms with Crippen LogP contribution < -0.4 is 11.1 Å². The van der Waals surface area contributed by atoms with Crippen molar-refractivity contribution in [1.82, 2.24) is 10.2 Å². The predicted octanol–water partition coefficient (Wildman–Crippen LogP) is 3.58. The summed E-state index contributed by atoms with van der Waals surface area (Å²) in [7, 11) is 0. The molecular formula is C26H33N3O2. The maximum absolute atomic E-state index is 12.8. The maximum Gasteiger partial charge on any atom is 0.246 e. The van der Waals surface area contributed by atoms with Gasteiger partial charge in [-0.2, -0.15) is 0 Å². The summed E-state index contributed by atoms with van der Waals surface area (Å²) in [5.74, 6) is -0.246. The van der Waals surface area contributed by atoms with Gasteiger partial charge < -0.3 is 10.6 Å². The van der Waals surface area contributed by atoms with Crippen LogP contribution in [0.2, 0.25) is 0 Å². The summed E-state index contributed by atoms with van der Waals surface area (Å²) >= 11 is 0. The molecule has 0 saturated carbocycles. The lowest BCUT2D eigenvalue weighted by Crippen LogP contribution is -2.49. The van der Waals surface area contributed by atoms with Gasteiger partial charge in [0.05, 0.1) is 6.04 Å². The molecule has 3 atom stereocenters. The summed E-state index contributed by atoms with van der Waals surface area (Å²) in [5.41, 5.74) is 9.30. The highest BCUT2D eigenvalue weighted by molar-refractivity contribution is 5.88. The van der Waals surface area contributed by atoms with Gasteiger partial charge in [-0.3, -0.25) is 14.9 Å². The molecule has 1 heterocycles. The van der Waals surface area contributed by atoms with E-state index >= 15 is 0 Å². The Morgan fingerprint density at radius 1 is 1.06 bits per heavy atom. The first-order chi connectivity index (χ1) is 15.0. The highest BCUT2D eigenvalue weighted by Crippen LogP contribution is 2.22. The number of hydrogen-bond acceptors (Lipinski definition) is 3. The highest BCUT2D eigenvalue weighted by atomic mass is 16.2. The number of benzene rings is 2. The Morgan fingerprint density at radius 3 is 2.26 bits per heavy atom. The second-order valence-corrected chi connectivity index (χ2v) is 8.39. The van der Waals surface area contributed by atoms with E-state index in [0.717, 1.165) is 19.3 Å². The average molecular weight is 420 g/mol. The van der Waals surface area contributed by atoms with Crippen LogP contribution in [0.3, 0.4) is 0 Å². The SMILES string of the molecule is CC[C@H](C)[C@H](N[C@H](/C=C/C(=O)N1Cc2ccccc2C1)CCc1ccccc1)C(N)=O. The van der Waals surface area contributed by atoms with E-state index in [0.29, 0.717) is 13.1 Å². The molecule has 1 aliphatic heterocycles. The molecule has 0 bridgehead atoms. The Bertz CT molecular complexity index is 885. The molecule has 0 saturated heterocycles. The van der Waals surface area contributed by atoms with E-state index in [1.165, 1.54) is 16.7 Å². The number of amides is 2. The van der Waals surface area contributed by atoms with E-state index in [1.807, 2.05) is 55.2 Å². The molecule has 2 amide bonds. The quantitative estimate of drug-likeness (QED) is 0.578. The number of primary amides is 1. The fourth-order valence-electron chi connectivity index (χ4n) is 3.99. The average Bonchev–Trinajstić information content (AvgIpc) is 3.23. The number of carbonyl (C=O) groups excluding carboxylic acids is 2. The van der Waals surface area contributed by atoms with E-state index in [2.05, 4.69) is 29.6 Å². The number of fused-ring (bicyclic) bond motifs is 1. The van der Waals surface area contributed by atoms with Crippen LogP contribution in [0, 0.1) is 5.92 Å². The van der Waals surface area contributed by atoms with Crippen LogP contribution in [-0.4, -0.2) is 28.8 Å². The molecule has 0 radical (unpaired) electrons. The van der Waals surface area contributed by atoms with E-state index in [1.54, 1.807) is 6.08 Å². The third-order valence-corrected chi connectivity index (χ3v) is 6.12. The number of aryl methyl sites for hydroxylation is 1. The molecule has 0 aromatic heterocycles. The molecule has 2 aromatic carbocycles. The number of rotatable bonds is 10. The van der Waals surface area contributed by atoms with Crippen molar-refractivity contribution in [2.24, 2.45) is 11.7 Å². The zero-order valence-corrected chi connectivity index (χ0v) is 18.5. The van der Waals surface area contributed by atoms with Crippen LogP contribution in [0.5, 0.6) is 0 Å². The van der Waals surface area contributed by atoms with Crippen molar-refractivity contribution in [2.75, 3.05) is 0 Å². The smallest absolute Gasteiger partial charge is 0.246 e.